The SMILES string of the molecule is CCCC(C)(C)Nc1nc(N)nc2[nH]ncc12. The Bertz CT molecular complexity index is 516. The molecule has 0 radical (unpaired) electrons. The maximum absolute atomic E-state index is 5.67. The maximum atomic E-state index is 5.67. The topological polar surface area (TPSA) is 92.5 Å². The van der Waals surface area contributed by atoms with Crippen molar-refractivity contribution in [2.45, 2.75) is 39.2 Å². The van der Waals surface area contributed by atoms with Crippen LogP contribution in [-0.4, -0.2) is 25.7 Å². The van der Waals surface area contributed by atoms with Gasteiger partial charge in [0.15, 0.2) is 5.65 Å². The first-order chi connectivity index (χ1) is 8.02. The van der Waals surface area contributed by atoms with Crippen LogP contribution in [0.1, 0.15) is 33.6 Å². The zero-order chi connectivity index (χ0) is 12.5. The van der Waals surface area contributed by atoms with E-state index in [-0.39, 0.29) is 11.5 Å². The van der Waals surface area contributed by atoms with Gasteiger partial charge in [-0.3, -0.25) is 5.10 Å². The molecule has 2 rings (SSSR count). The molecule has 0 aromatic carbocycles. The van der Waals surface area contributed by atoms with E-state index in [0.29, 0.717) is 5.65 Å². The van der Waals surface area contributed by atoms with Gasteiger partial charge in [0, 0.05) is 5.54 Å². The monoisotopic (exact) mass is 234 g/mol. The molecule has 0 bridgehead atoms. The van der Waals surface area contributed by atoms with Crippen molar-refractivity contribution in [2.75, 3.05) is 11.1 Å². The molecule has 2 aromatic heterocycles. The standard InChI is InChI=1S/C11H18N6/c1-4-5-11(2,3)16-8-7-6-13-17-9(7)15-10(12)14-8/h6H,4-5H2,1-3H3,(H4,12,13,14,15,16,17). The van der Waals surface area contributed by atoms with Gasteiger partial charge in [0.25, 0.3) is 0 Å². The van der Waals surface area contributed by atoms with Crippen molar-refractivity contribution in [1.82, 2.24) is 20.2 Å². The second-order valence-electron chi connectivity index (χ2n) is 4.82. The smallest absolute Gasteiger partial charge is 0.224 e. The van der Waals surface area contributed by atoms with Crippen molar-refractivity contribution in [3.63, 3.8) is 0 Å². The average Bonchev–Trinajstić information content (AvgIpc) is 2.64. The van der Waals surface area contributed by atoms with Crippen LogP contribution in [0, 0.1) is 0 Å². The van der Waals surface area contributed by atoms with Crippen molar-refractivity contribution in [2.24, 2.45) is 0 Å². The van der Waals surface area contributed by atoms with Crippen molar-refractivity contribution >= 4 is 22.8 Å². The number of nitrogens with one attached hydrogen (secondary N) is 2. The molecule has 2 aromatic rings. The summed E-state index contributed by atoms with van der Waals surface area (Å²) >= 11 is 0. The van der Waals surface area contributed by atoms with Gasteiger partial charge in [-0.25, -0.2) is 0 Å². The lowest BCUT2D eigenvalue weighted by Crippen LogP contribution is -2.31. The lowest BCUT2D eigenvalue weighted by atomic mass is 9.99. The average molecular weight is 234 g/mol. The molecular formula is C11H18N6. The van der Waals surface area contributed by atoms with Crippen LogP contribution in [0.25, 0.3) is 11.0 Å². The van der Waals surface area contributed by atoms with Crippen LogP contribution >= 0.6 is 0 Å². The number of aromatic nitrogens is 4. The fourth-order valence-electron chi connectivity index (χ4n) is 1.96. The number of H-pyrrole nitrogens is 1. The van der Waals surface area contributed by atoms with E-state index in [1.54, 1.807) is 6.20 Å². The Labute approximate surface area is 100 Å². The molecule has 0 saturated carbocycles. The number of nitrogens with two attached hydrogens (primary N) is 1. The normalized spacial score (nSPS) is 11.9. The van der Waals surface area contributed by atoms with E-state index in [0.717, 1.165) is 24.0 Å². The molecule has 0 atom stereocenters. The predicted molar refractivity (Wildman–Crippen MR) is 68.7 cm³/mol. The molecular weight excluding hydrogens is 216 g/mol. The highest BCUT2D eigenvalue weighted by Gasteiger charge is 2.19. The Morgan fingerprint density at radius 3 is 2.88 bits per heavy atom. The Morgan fingerprint density at radius 1 is 1.41 bits per heavy atom. The molecule has 0 aliphatic carbocycles. The number of anilines is 2. The maximum Gasteiger partial charge on any atom is 0.224 e. The van der Waals surface area contributed by atoms with E-state index in [9.17, 15) is 0 Å². The van der Waals surface area contributed by atoms with Gasteiger partial charge >= 0.3 is 0 Å². The van der Waals surface area contributed by atoms with E-state index in [4.69, 9.17) is 5.73 Å². The molecule has 0 unspecified atom stereocenters. The highest BCUT2D eigenvalue weighted by atomic mass is 15.2. The quantitative estimate of drug-likeness (QED) is 0.751. The first-order valence-electron chi connectivity index (χ1n) is 5.76. The van der Waals surface area contributed by atoms with Crippen molar-refractivity contribution in [1.29, 1.82) is 0 Å². The molecule has 2 heterocycles. The van der Waals surface area contributed by atoms with E-state index < -0.39 is 0 Å². The third-order valence-electron chi connectivity index (χ3n) is 2.66. The van der Waals surface area contributed by atoms with Crippen molar-refractivity contribution < 1.29 is 0 Å². The van der Waals surface area contributed by atoms with Crippen molar-refractivity contribution in [3.8, 4) is 0 Å². The van der Waals surface area contributed by atoms with Gasteiger partial charge in [0.2, 0.25) is 5.95 Å². The molecule has 92 valence electrons. The van der Waals surface area contributed by atoms with Gasteiger partial charge in [-0.2, -0.15) is 15.1 Å². The Balaban J connectivity index is 2.37. The molecule has 0 aliphatic rings. The molecule has 0 amide bonds. The number of hydrogen-bond donors (Lipinski definition) is 3. The van der Waals surface area contributed by atoms with Crippen LogP contribution < -0.4 is 11.1 Å². The summed E-state index contributed by atoms with van der Waals surface area (Å²) in [7, 11) is 0. The molecule has 0 aliphatic heterocycles. The molecule has 0 spiro atoms. The van der Waals surface area contributed by atoms with Gasteiger partial charge in [-0.15, -0.1) is 0 Å². The van der Waals surface area contributed by atoms with E-state index >= 15 is 0 Å². The fraction of sp³-hybridized carbons (Fsp3) is 0.545. The largest absolute Gasteiger partial charge is 0.368 e. The predicted octanol–water partition coefficient (Wildman–Crippen LogP) is 1.93. The second kappa shape index (κ2) is 4.20. The van der Waals surface area contributed by atoms with Gasteiger partial charge in [-0.05, 0) is 20.3 Å². The Kier molecular flexibility index (Phi) is 2.87. The molecule has 0 fully saturated rings. The van der Waals surface area contributed by atoms with E-state index in [1.807, 2.05) is 0 Å². The van der Waals surface area contributed by atoms with Gasteiger partial charge in [-0.1, -0.05) is 13.3 Å². The number of hydrogen-bond acceptors (Lipinski definition) is 5. The molecule has 6 nitrogen and oxygen atoms in total. The van der Waals surface area contributed by atoms with Crippen LogP contribution in [0.2, 0.25) is 0 Å². The fourth-order valence-corrected chi connectivity index (χ4v) is 1.96. The van der Waals surface area contributed by atoms with Gasteiger partial charge in [0.1, 0.15) is 5.82 Å². The summed E-state index contributed by atoms with van der Waals surface area (Å²) in [5.74, 6) is 0.983. The zero-order valence-electron chi connectivity index (χ0n) is 10.4. The summed E-state index contributed by atoms with van der Waals surface area (Å²) in [5, 5.41) is 11.0. The van der Waals surface area contributed by atoms with E-state index in [2.05, 4.69) is 46.3 Å². The van der Waals surface area contributed by atoms with Gasteiger partial charge in [0.05, 0.1) is 11.6 Å². The Morgan fingerprint density at radius 2 is 2.18 bits per heavy atom. The summed E-state index contributed by atoms with van der Waals surface area (Å²) < 4.78 is 0. The van der Waals surface area contributed by atoms with Crippen LogP contribution in [-0.2, 0) is 0 Å². The van der Waals surface area contributed by atoms with Crippen LogP contribution in [0.4, 0.5) is 11.8 Å². The van der Waals surface area contributed by atoms with Crippen molar-refractivity contribution in [3.05, 3.63) is 6.20 Å². The number of aromatic amines is 1. The number of fused-ring (bicyclic) bond motifs is 1. The summed E-state index contributed by atoms with van der Waals surface area (Å²) in [6, 6.07) is 0. The lowest BCUT2D eigenvalue weighted by Gasteiger charge is -2.26. The van der Waals surface area contributed by atoms with E-state index in [1.165, 1.54) is 0 Å². The first kappa shape index (κ1) is 11.6. The third-order valence-corrected chi connectivity index (χ3v) is 2.66. The zero-order valence-corrected chi connectivity index (χ0v) is 10.4. The summed E-state index contributed by atoms with van der Waals surface area (Å²) in [6.45, 7) is 6.44. The summed E-state index contributed by atoms with van der Waals surface area (Å²) in [6.07, 6.45) is 3.87. The minimum atomic E-state index is -0.0280. The first-order valence-corrected chi connectivity index (χ1v) is 5.76. The second-order valence-corrected chi connectivity index (χ2v) is 4.82. The minimum absolute atomic E-state index is 0.0280. The molecule has 0 saturated heterocycles. The molecule has 17 heavy (non-hydrogen) atoms. The lowest BCUT2D eigenvalue weighted by molar-refractivity contribution is 0.510. The number of nitrogens with zero attached hydrogens (tertiary/aromatic N) is 3. The minimum Gasteiger partial charge on any atom is -0.368 e. The summed E-state index contributed by atoms with van der Waals surface area (Å²) in [5.41, 5.74) is 6.30. The molecule has 6 heteroatoms. The molecule has 4 N–H and O–H groups in total. The van der Waals surface area contributed by atoms with Crippen LogP contribution in [0.3, 0.4) is 0 Å². The highest BCUT2D eigenvalue weighted by molar-refractivity contribution is 5.87. The van der Waals surface area contributed by atoms with Gasteiger partial charge < -0.3 is 11.1 Å². The van der Waals surface area contributed by atoms with Crippen LogP contribution in [0.15, 0.2) is 6.20 Å². The number of rotatable bonds is 4. The Hall–Kier alpha value is -1.85. The summed E-state index contributed by atoms with van der Waals surface area (Å²) in [4.78, 5) is 8.32. The third kappa shape index (κ3) is 2.46. The van der Waals surface area contributed by atoms with Crippen LogP contribution in [0.5, 0.6) is 0 Å². The highest BCUT2D eigenvalue weighted by Crippen LogP contribution is 2.24. The number of nitrogen functional groups attached to an aromatic ring is 1.